The maximum Gasteiger partial charge on any atom is 0.254 e. The van der Waals surface area contributed by atoms with Gasteiger partial charge in [-0.05, 0) is 25.9 Å². The average molecular weight is 188 g/mol. The van der Waals surface area contributed by atoms with Crippen LogP contribution < -0.4 is 0 Å². The molecule has 1 fully saturated rings. The highest BCUT2D eigenvalue weighted by molar-refractivity contribution is 4.79. The fourth-order valence-electron chi connectivity index (χ4n) is 1.59. The lowest BCUT2D eigenvalue weighted by Gasteiger charge is -2.24. The maximum absolute atomic E-state index is 10.7. The van der Waals surface area contributed by atoms with Gasteiger partial charge in [0.05, 0.1) is 6.54 Å². The first-order valence-electron chi connectivity index (χ1n) is 4.56. The van der Waals surface area contributed by atoms with Gasteiger partial charge in [0.2, 0.25) is 0 Å². The van der Waals surface area contributed by atoms with E-state index in [4.69, 9.17) is 5.11 Å². The first-order chi connectivity index (χ1) is 6.08. The molecule has 1 rings (SSSR count). The maximum atomic E-state index is 10.7. The predicted octanol–water partition coefficient (Wildman–Crippen LogP) is 0.110. The van der Waals surface area contributed by atoms with Crippen LogP contribution in [0.15, 0.2) is 0 Å². The number of hydrogen-bond donors (Lipinski definition) is 1. The van der Waals surface area contributed by atoms with Gasteiger partial charge in [-0.25, -0.2) is 0 Å². The molecule has 0 aliphatic carbocycles. The van der Waals surface area contributed by atoms with E-state index in [1.165, 1.54) is 6.92 Å². The van der Waals surface area contributed by atoms with Crippen molar-refractivity contribution in [2.24, 2.45) is 0 Å². The van der Waals surface area contributed by atoms with Crippen LogP contribution >= 0.6 is 0 Å². The molecule has 1 aliphatic heterocycles. The third kappa shape index (κ3) is 2.38. The minimum atomic E-state index is -1.19. The van der Waals surface area contributed by atoms with Crippen molar-refractivity contribution in [3.63, 3.8) is 0 Å². The fourth-order valence-corrected chi connectivity index (χ4v) is 1.59. The van der Waals surface area contributed by atoms with Crippen LogP contribution in [-0.2, 0) is 0 Å². The van der Waals surface area contributed by atoms with E-state index in [-0.39, 0.29) is 4.92 Å². The van der Waals surface area contributed by atoms with E-state index < -0.39 is 12.1 Å². The number of aliphatic hydroxyl groups is 1. The van der Waals surface area contributed by atoms with Crippen molar-refractivity contribution in [3.8, 4) is 0 Å². The molecule has 0 saturated carbocycles. The monoisotopic (exact) mass is 188 g/mol. The molecule has 0 bridgehead atoms. The van der Waals surface area contributed by atoms with Crippen molar-refractivity contribution in [2.45, 2.75) is 25.3 Å². The van der Waals surface area contributed by atoms with Crippen LogP contribution in [0.3, 0.4) is 0 Å². The highest BCUT2D eigenvalue weighted by Gasteiger charge is 2.38. The van der Waals surface area contributed by atoms with E-state index in [0.717, 1.165) is 25.9 Å². The van der Waals surface area contributed by atoms with E-state index in [1.54, 1.807) is 0 Å². The van der Waals surface area contributed by atoms with Crippen LogP contribution in [0.1, 0.15) is 19.8 Å². The topological polar surface area (TPSA) is 66.6 Å². The molecular weight excluding hydrogens is 172 g/mol. The number of nitrogens with zero attached hydrogens (tertiary/aromatic N) is 2. The molecular formula is C8H16N2O3. The summed E-state index contributed by atoms with van der Waals surface area (Å²) in [5.41, 5.74) is -1.19. The molecule has 76 valence electrons. The van der Waals surface area contributed by atoms with Gasteiger partial charge in [0.15, 0.2) is 0 Å². The van der Waals surface area contributed by atoms with Crippen molar-refractivity contribution < 1.29 is 10.0 Å². The standard InChI is InChI=1S/C8H16N2O3/c1-8(7-11,10(12)13)6-9-4-2-3-5-9/h11H,2-7H2,1H3. The molecule has 0 spiro atoms. The van der Waals surface area contributed by atoms with Crippen molar-refractivity contribution in [1.29, 1.82) is 0 Å². The van der Waals surface area contributed by atoms with E-state index >= 15 is 0 Å². The molecule has 1 atom stereocenters. The Hall–Kier alpha value is -0.680. The summed E-state index contributed by atoms with van der Waals surface area (Å²) >= 11 is 0. The molecule has 5 nitrogen and oxygen atoms in total. The second-order valence-electron chi connectivity index (χ2n) is 3.90. The first kappa shape index (κ1) is 10.4. The Balaban J connectivity index is 2.51. The second kappa shape index (κ2) is 4.02. The van der Waals surface area contributed by atoms with Crippen LogP contribution in [0.4, 0.5) is 0 Å². The lowest BCUT2D eigenvalue weighted by Crippen LogP contribution is -2.48. The summed E-state index contributed by atoms with van der Waals surface area (Å²) in [5.74, 6) is 0. The van der Waals surface area contributed by atoms with Gasteiger partial charge in [-0.2, -0.15) is 0 Å². The molecule has 1 unspecified atom stereocenters. The van der Waals surface area contributed by atoms with Gasteiger partial charge in [0, 0.05) is 11.8 Å². The number of aliphatic hydroxyl groups excluding tert-OH is 1. The zero-order valence-corrected chi connectivity index (χ0v) is 7.90. The quantitative estimate of drug-likeness (QED) is 0.502. The molecule has 5 heteroatoms. The van der Waals surface area contributed by atoms with E-state index in [2.05, 4.69) is 0 Å². The van der Waals surface area contributed by atoms with Gasteiger partial charge in [0.1, 0.15) is 6.61 Å². The smallest absolute Gasteiger partial charge is 0.254 e. The van der Waals surface area contributed by atoms with Crippen molar-refractivity contribution in [3.05, 3.63) is 10.1 Å². The predicted molar refractivity (Wildman–Crippen MR) is 48.2 cm³/mol. The van der Waals surface area contributed by atoms with E-state index in [9.17, 15) is 10.1 Å². The average Bonchev–Trinajstić information content (AvgIpc) is 2.56. The Labute approximate surface area is 77.5 Å². The number of nitro groups is 1. The third-order valence-electron chi connectivity index (χ3n) is 2.54. The normalized spacial score (nSPS) is 22.9. The lowest BCUT2D eigenvalue weighted by molar-refractivity contribution is -0.569. The Kier molecular flexibility index (Phi) is 3.22. The highest BCUT2D eigenvalue weighted by atomic mass is 16.6. The molecule has 1 N–H and O–H groups in total. The molecule has 13 heavy (non-hydrogen) atoms. The number of hydrogen-bond acceptors (Lipinski definition) is 4. The summed E-state index contributed by atoms with van der Waals surface area (Å²) in [6.45, 7) is 3.30. The minimum Gasteiger partial charge on any atom is -0.389 e. The van der Waals surface area contributed by atoms with Crippen molar-refractivity contribution in [1.82, 2.24) is 4.90 Å². The summed E-state index contributed by atoms with van der Waals surface area (Å²) < 4.78 is 0. The van der Waals surface area contributed by atoms with Gasteiger partial charge >= 0.3 is 0 Å². The first-order valence-corrected chi connectivity index (χ1v) is 4.56. The van der Waals surface area contributed by atoms with Crippen molar-refractivity contribution in [2.75, 3.05) is 26.2 Å². The summed E-state index contributed by atoms with van der Waals surface area (Å²) in [5, 5.41) is 19.6. The Morgan fingerprint density at radius 1 is 1.54 bits per heavy atom. The Morgan fingerprint density at radius 3 is 2.46 bits per heavy atom. The fraction of sp³-hybridized carbons (Fsp3) is 1.00. The summed E-state index contributed by atoms with van der Waals surface area (Å²) in [6, 6.07) is 0. The Bertz CT molecular complexity index is 192. The zero-order valence-electron chi connectivity index (χ0n) is 7.90. The SMILES string of the molecule is CC(CO)(CN1CCCC1)[N+](=O)[O-]. The number of rotatable bonds is 4. The largest absolute Gasteiger partial charge is 0.389 e. The minimum absolute atomic E-state index is 0.358. The summed E-state index contributed by atoms with van der Waals surface area (Å²) in [7, 11) is 0. The van der Waals surface area contributed by atoms with Gasteiger partial charge in [-0.15, -0.1) is 0 Å². The highest BCUT2D eigenvalue weighted by Crippen LogP contribution is 2.15. The van der Waals surface area contributed by atoms with E-state index in [1.807, 2.05) is 4.90 Å². The van der Waals surface area contributed by atoms with Crippen LogP contribution in [-0.4, -0.2) is 46.7 Å². The van der Waals surface area contributed by atoms with Crippen LogP contribution in [0.5, 0.6) is 0 Å². The molecule has 1 aliphatic rings. The number of likely N-dealkylation sites (tertiary alicyclic amines) is 1. The molecule has 0 aromatic rings. The molecule has 0 radical (unpaired) electrons. The molecule has 1 heterocycles. The zero-order chi connectivity index (χ0) is 9.90. The third-order valence-corrected chi connectivity index (χ3v) is 2.54. The summed E-state index contributed by atoms with van der Waals surface area (Å²) in [4.78, 5) is 12.3. The van der Waals surface area contributed by atoms with Crippen LogP contribution in [0.25, 0.3) is 0 Å². The molecule has 0 aromatic carbocycles. The van der Waals surface area contributed by atoms with Crippen LogP contribution in [0, 0.1) is 10.1 Å². The van der Waals surface area contributed by atoms with Crippen LogP contribution in [0.2, 0.25) is 0 Å². The molecule has 0 amide bonds. The second-order valence-corrected chi connectivity index (χ2v) is 3.90. The molecule has 1 saturated heterocycles. The van der Waals surface area contributed by atoms with Gasteiger partial charge in [0.25, 0.3) is 5.54 Å². The molecule has 0 aromatic heterocycles. The summed E-state index contributed by atoms with van der Waals surface area (Å²) in [6.07, 6.45) is 2.22. The Morgan fingerprint density at radius 2 is 2.08 bits per heavy atom. The van der Waals surface area contributed by atoms with Crippen molar-refractivity contribution >= 4 is 0 Å². The van der Waals surface area contributed by atoms with Gasteiger partial charge in [-0.1, -0.05) is 0 Å². The van der Waals surface area contributed by atoms with E-state index in [0.29, 0.717) is 6.54 Å². The lowest BCUT2D eigenvalue weighted by atomic mass is 10.0. The van der Waals surface area contributed by atoms with Gasteiger partial charge in [-0.3, -0.25) is 15.0 Å². The van der Waals surface area contributed by atoms with Gasteiger partial charge < -0.3 is 5.11 Å².